The van der Waals surface area contributed by atoms with Crippen LogP contribution in [0.2, 0.25) is 0 Å². The molecule has 0 spiro atoms. The highest BCUT2D eigenvalue weighted by molar-refractivity contribution is 7.57. The molecule has 1 atom stereocenters. The highest BCUT2D eigenvalue weighted by atomic mass is 31.2. The van der Waals surface area contributed by atoms with Gasteiger partial charge in [0, 0.05) is 0 Å². The third-order valence-electron chi connectivity index (χ3n) is 1.63. The molecule has 0 aliphatic carbocycles. The molecule has 0 radical (unpaired) electrons. The first-order chi connectivity index (χ1) is 6.31. The number of anilines is 1. The van der Waals surface area contributed by atoms with Crippen molar-refractivity contribution in [3.8, 4) is 11.5 Å². The van der Waals surface area contributed by atoms with Gasteiger partial charge in [-0.2, -0.15) is 0 Å². The molecular weight excluding hydrogens is 207 g/mol. The average Bonchev–Trinajstić information content (AvgIpc) is 2.04. The summed E-state index contributed by atoms with van der Waals surface area (Å²) in [6.45, 7) is 1.58. The lowest BCUT2D eigenvalue weighted by Crippen LogP contribution is -2.04. The molecular formula is C7H11N2O4P. The summed E-state index contributed by atoms with van der Waals surface area (Å²) in [7, 11) is -3.97. The molecule has 0 bridgehead atoms. The Hall–Kier alpha value is -1.23. The minimum absolute atomic E-state index is 0.0820. The molecule has 0 fully saturated rings. The maximum Gasteiger partial charge on any atom is 0.360 e. The minimum atomic E-state index is -3.97. The van der Waals surface area contributed by atoms with Crippen molar-refractivity contribution in [1.82, 2.24) is 0 Å². The molecule has 0 saturated heterocycles. The van der Waals surface area contributed by atoms with Crippen molar-refractivity contribution in [3.63, 3.8) is 0 Å². The number of nitrogens with one attached hydrogen (secondary N) is 1. The molecule has 1 unspecified atom stereocenters. The van der Waals surface area contributed by atoms with Crippen molar-refractivity contribution in [2.45, 2.75) is 6.92 Å². The SMILES string of the molecule is Cc1ccc(NP(N)(=O)O)c(O)c1O. The predicted octanol–water partition coefficient (Wildman–Crippen LogP) is 0.877. The van der Waals surface area contributed by atoms with E-state index < -0.39 is 13.4 Å². The van der Waals surface area contributed by atoms with Crippen LogP contribution >= 0.6 is 7.67 Å². The molecule has 78 valence electrons. The zero-order valence-corrected chi connectivity index (χ0v) is 8.32. The van der Waals surface area contributed by atoms with Gasteiger partial charge in [-0.3, -0.25) is 5.09 Å². The van der Waals surface area contributed by atoms with E-state index in [2.05, 4.69) is 0 Å². The smallest absolute Gasteiger partial charge is 0.360 e. The largest absolute Gasteiger partial charge is 0.504 e. The molecule has 0 aliphatic heterocycles. The fourth-order valence-corrected chi connectivity index (χ4v) is 1.47. The number of phenolic OH excluding ortho intramolecular Hbond substituents is 2. The summed E-state index contributed by atoms with van der Waals surface area (Å²) >= 11 is 0. The Morgan fingerprint density at radius 1 is 1.36 bits per heavy atom. The first-order valence-electron chi connectivity index (χ1n) is 3.72. The van der Waals surface area contributed by atoms with Crippen LogP contribution in [0.4, 0.5) is 5.69 Å². The first-order valence-corrected chi connectivity index (χ1v) is 5.45. The third-order valence-corrected chi connectivity index (χ3v) is 2.19. The number of benzene rings is 1. The zero-order chi connectivity index (χ0) is 10.9. The standard InChI is InChI=1S/C7H11N2O4P/c1-4-2-3-5(7(11)6(4)10)9-14(8,12)13/h2-3,10-11H,1H3,(H4,8,9,12,13). The second-order valence-corrected chi connectivity index (χ2v) is 4.33. The van der Waals surface area contributed by atoms with Crippen LogP contribution in [-0.2, 0) is 4.57 Å². The summed E-state index contributed by atoms with van der Waals surface area (Å²) < 4.78 is 10.8. The number of hydrogen-bond acceptors (Lipinski definition) is 3. The molecule has 0 aliphatic rings. The topological polar surface area (TPSA) is 116 Å². The number of aryl methyl sites for hydroxylation is 1. The van der Waals surface area contributed by atoms with Crippen LogP contribution in [0.25, 0.3) is 0 Å². The number of rotatable bonds is 2. The van der Waals surface area contributed by atoms with Crippen molar-refractivity contribution in [1.29, 1.82) is 0 Å². The quantitative estimate of drug-likeness (QED) is 0.371. The molecule has 0 saturated carbocycles. The van der Waals surface area contributed by atoms with Gasteiger partial charge in [0.05, 0.1) is 5.69 Å². The summed E-state index contributed by atoms with van der Waals surface area (Å²) in [4.78, 5) is 8.79. The summed E-state index contributed by atoms with van der Waals surface area (Å²) in [5.41, 5.74) is 5.21. The molecule has 6 nitrogen and oxygen atoms in total. The van der Waals surface area contributed by atoms with Gasteiger partial charge in [-0.15, -0.1) is 0 Å². The second-order valence-electron chi connectivity index (χ2n) is 2.86. The van der Waals surface area contributed by atoms with E-state index in [0.29, 0.717) is 5.56 Å². The highest BCUT2D eigenvalue weighted by Gasteiger charge is 2.15. The van der Waals surface area contributed by atoms with Crippen LogP contribution in [0.1, 0.15) is 5.56 Å². The number of aromatic hydroxyl groups is 2. The first kappa shape index (κ1) is 10.8. The zero-order valence-electron chi connectivity index (χ0n) is 7.43. The Kier molecular flexibility index (Phi) is 2.71. The lowest BCUT2D eigenvalue weighted by Gasteiger charge is -2.12. The molecule has 0 amide bonds. The number of phenols is 2. The van der Waals surface area contributed by atoms with Crippen molar-refractivity contribution in [2.24, 2.45) is 5.50 Å². The minimum Gasteiger partial charge on any atom is -0.504 e. The van der Waals surface area contributed by atoms with E-state index >= 15 is 0 Å². The molecule has 1 aromatic carbocycles. The lowest BCUT2D eigenvalue weighted by atomic mass is 10.2. The molecule has 6 N–H and O–H groups in total. The van der Waals surface area contributed by atoms with E-state index in [1.54, 1.807) is 6.92 Å². The Morgan fingerprint density at radius 2 is 1.93 bits per heavy atom. The highest BCUT2D eigenvalue weighted by Crippen LogP contribution is 2.41. The van der Waals surface area contributed by atoms with Crippen LogP contribution in [0, 0.1) is 6.92 Å². The Bertz CT molecular complexity index is 401. The molecule has 0 aromatic heterocycles. The summed E-state index contributed by atoms with van der Waals surface area (Å²) in [5, 5.41) is 20.6. The maximum absolute atomic E-state index is 10.8. The molecule has 1 rings (SSSR count). The predicted molar refractivity (Wildman–Crippen MR) is 52.1 cm³/mol. The second kappa shape index (κ2) is 3.49. The fraction of sp³-hybridized carbons (Fsp3) is 0.143. The van der Waals surface area contributed by atoms with E-state index in [-0.39, 0.29) is 11.4 Å². The Labute approximate surface area is 80.6 Å². The van der Waals surface area contributed by atoms with Gasteiger partial charge in [0.25, 0.3) is 0 Å². The van der Waals surface area contributed by atoms with Gasteiger partial charge in [0.1, 0.15) is 0 Å². The van der Waals surface area contributed by atoms with Crippen molar-refractivity contribution >= 4 is 13.4 Å². The van der Waals surface area contributed by atoms with Gasteiger partial charge in [0.15, 0.2) is 11.5 Å². The molecule has 0 heterocycles. The van der Waals surface area contributed by atoms with Gasteiger partial charge >= 0.3 is 7.67 Å². The van der Waals surface area contributed by atoms with Crippen LogP contribution < -0.4 is 10.6 Å². The number of hydrogen-bond donors (Lipinski definition) is 5. The van der Waals surface area contributed by atoms with Crippen LogP contribution in [0.5, 0.6) is 11.5 Å². The molecule has 14 heavy (non-hydrogen) atoms. The van der Waals surface area contributed by atoms with Gasteiger partial charge in [-0.05, 0) is 18.6 Å². The molecule has 7 heteroatoms. The number of nitrogens with two attached hydrogens (primary N) is 1. The third kappa shape index (κ3) is 2.38. The van der Waals surface area contributed by atoms with Crippen molar-refractivity contribution in [3.05, 3.63) is 17.7 Å². The van der Waals surface area contributed by atoms with Gasteiger partial charge in [-0.25, -0.2) is 10.1 Å². The Morgan fingerprint density at radius 3 is 2.43 bits per heavy atom. The Balaban J connectivity index is 3.12. The monoisotopic (exact) mass is 218 g/mol. The van der Waals surface area contributed by atoms with Crippen LogP contribution in [0.15, 0.2) is 12.1 Å². The van der Waals surface area contributed by atoms with E-state index in [4.69, 9.17) is 10.4 Å². The van der Waals surface area contributed by atoms with E-state index in [9.17, 15) is 14.8 Å². The molecule has 1 aromatic rings. The van der Waals surface area contributed by atoms with Gasteiger partial charge in [0.2, 0.25) is 0 Å². The summed E-state index contributed by atoms with van der Waals surface area (Å²) in [5.74, 6) is -0.840. The summed E-state index contributed by atoms with van der Waals surface area (Å²) in [6.07, 6.45) is 0. The van der Waals surface area contributed by atoms with Crippen LogP contribution in [0.3, 0.4) is 0 Å². The van der Waals surface area contributed by atoms with Gasteiger partial charge < -0.3 is 15.1 Å². The normalized spacial score (nSPS) is 14.8. The van der Waals surface area contributed by atoms with Crippen molar-refractivity contribution in [2.75, 3.05) is 5.09 Å². The van der Waals surface area contributed by atoms with Crippen molar-refractivity contribution < 1.29 is 19.7 Å². The lowest BCUT2D eigenvalue weighted by molar-refractivity contribution is 0.402. The van der Waals surface area contributed by atoms with E-state index in [1.165, 1.54) is 12.1 Å². The van der Waals surface area contributed by atoms with Gasteiger partial charge in [-0.1, -0.05) is 6.07 Å². The maximum atomic E-state index is 10.8. The average molecular weight is 218 g/mol. The van der Waals surface area contributed by atoms with E-state index in [0.717, 1.165) is 0 Å². The fourth-order valence-electron chi connectivity index (χ4n) is 0.943. The van der Waals surface area contributed by atoms with E-state index in [1.807, 2.05) is 5.09 Å². The van der Waals surface area contributed by atoms with Crippen LogP contribution in [-0.4, -0.2) is 15.1 Å². The summed E-state index contributed by atoms with van der Waals surface area (Å²) in [6, 6.07) is 2.83.